The van der Waals surface area contributed by atoms with Crippen LogP contribution in [0, 0.1) is 11.3 Å². The molecule has 21 heavy (non-hydrogen) atoms. The highest BCUT2D eigenvalue weighted by Gasteiger charge is 2.33. The highest BCUT2D eigenvalue weighted by Crippen LogP contribution is 2.30. The smallest absolute Gasteiger partial charge is 0.366 e. The van der Waals surface area contributed by atoms with E-state index in [1.54, 1.807) is 6.07 Å². The third-order valence-electron chi connectivity index (χ3n) is 3.20. The molecule has 0 amide bonds. The largest absolute Gasteiger partial charge is 0.433 e. The Balaban J connectivity index is 2.21. The molecule has 1 aromatic heterocycles. The van der Waals surface area contributed by atoms with Gasteiger partial charge in [-0.05, 0) is 25.0 Å². The normalized spacial score (nSPS) is 19.0. The van der Waals surface area contributed by atoms with E-state index in [0.29, 0.717) is 0 Å². The summed E-state index contributed by atoms with van der Waals surface area (Å²) in [6.07, 6.45) is -4.03. The van der Waals surface area contributed by atoms with Gasteiger partial charge in [-0.2, -0.15) is 18.4 Å². The second-order valence-corrected chi connectivity index (χ2v) is 7.08. The van der Waals surface area contributed by atoms with Gasteiger partial charge in [0.2, 0.25) is 0 Å². The van der Waals surface area contributed by atoms with Crippen LogP contribution in [-0.4, -0.2) is 30.9 Å². The summed E-state index contributed by atoms with van der Waals surface area (Å²) in [4.78, 5) is 3.44. The summed E-state index contributed by atoms with van der Waals surface area (Å²) in [5, 5.41) is 11.7. The summed E-state index contributed by atoms with van der Waals surface area (Å²) in [5.41, 5.74) is -1.09. The number of sulfone groups is 1. The molecule has 5 nitrogen and oxygen atoms in total. The van der Waals surface area contributed by atoms with E-state index in [0.717, 1.165) is 12.1 Å². The van der Waals surface area contributed by atoms with Crippen molar-refractivity contribution in [1.29, 1.82) is 5.26 Å². The standard InChI is InChI=1S/C12H12F3N3O2S/c13-12(14,15)10-2-1-8(7-16)11(18-10)17-9-3-5-21(19,20)6-4-9/h1-2,9H,3-6H2,(H,17,18). The van der Waals surface area contributed by atoms with Crippen molar-refractivity contribution >= 4 is 15.7 Å². The van der Waals surface area contributed by atoms with Gasteiger partial charge in [0.05, 0.1) is 17.1 Å². The topological polar surface area (TPSA) is 82.8 Å². The minimum absolute atomic E-state index is 0.00330. The van der Waals surface area contributed by atoms with E-state index in [-0.39, 0.29) is 41.8 Å². The van der Waals surface area contributed by atoms with Crippen LogP contribution >= 0.6 is 0 Å². The second-order valence-electron chi connectivity index (χ2n) is 4.77. The average Bonchev–Trinajstić information content (AvgIpc) is 2.40. The van der Waals surface area contributed by atoms with Gasteiger partial charge in [0.25, 0.3) is 0 Å². The molecule has 1 aliphatic rings. The first-order chi connectivity index (χ1) is 9.71. The van der Waals surface area contributed by atoms with Crippen LogP contribution in [0.15, 0.2) is 12.1 Å². The maximum absolute atomic E-state index is 12.6. The van der Waals surface area contributed by atoms with Gasteiger partial charge in [0.15, 0.2) is 0 Å². The van der Waals surface area contributed by atoms with Crippen molar-refractivity contribution in [2.75, 3.05) is 16.8 Å². The molecule has 0 aliphatic carbocycles. The Labute approximate surface area is 119 Å². The molecule has 0 unspecified atom stereocenters. The number of hydrogen-bond donors (Lipinski definition) is 1. The van der Waals surface area contributed by atoms with Crippen LogP contribution in [-0.2, 0) is 16.0 Å². The molecule has 0 radical (unpaired) electrons. The third-order valence-corrected chi connectivity index (χ3v) is 4.92. The van der Waals surface area contributed by atoms with Crippen LogP contribution in [0.4, 0.5) is 19.0 Å². The van der Waals surface area contributed by atoms with Crippen molar-refractivity contribution in [3.8, 4) is 6.07 Å². The number of anilines is 1. The van der Waals surface area contributed by atoms with Gasteiger partial charge in [-0.1, -0.05) is 0 Å². The monoisotopic (exact) mass is 319 g/mol. The number of halogens is 3. The molecule has 2 rings (SSSR count). The Morgan fingerprint density at radius 2 is 1.90 bits per heavy atom. The predicted octanol–water partition coefficient (Wildman–Crippen LogP) is 1.96. The maximum atomic E-state index is 12.6. The number of nitrogens with one attached hydrogen (secondary N) is 1. The van der Waals surface area contributed by atoms with E-state index in [9.17, 15) is 21.6 Å². The van der Waals surface area contributed by atoms with E-state index < -0.39 is 21.7 Å². The molecular weight excluding hydrogens is 307 g/mol. The van der Waals surface area contributed by atoms with Crippen LogP contribution in [0.1, 0.15) is 24.1 Å². The van der Waals surface area contributed by atoms with E-state index >= 15 is 0 Å². The van der Waals surface area contributed by atoms with Crippen molar-refractivity contribution in [1.82, 2.24) is 4.98 Å². The number of rotatable bonds is 2. The summed E-state index contributed by atoms with van der Waals surface area (Å²) in [5.74, 6) is -0.201. The van der Waals surface area contributed by atoms with Gasteiger partial charge < -0.3 is 5.32 Å². The van der Waals surface area contributed by atoms with Crippen LogP contribution in [0.2, 0.25) is 0 Å². The zero-order chi connectivity index (χ0) is 15.7. The minimum atomic E-state index is -4.60. The first kappa shape index (κ1) is 15.6. The molecule has 0 saturated carbocycles. The summed E-state index contributed by atoms with van der Waals surface area (Å²) in [6.45, 7) is 0. The zero-order valence-electron chi connectivity index (χ0n) is 10.8. The zero-order valence-corrected chi connectivity index (χ0v) is 11.6. The Morgan fingerprint density at radius 3 is 2.43 bits per heavy atom. The number of pyridine rings is 1. The van der Waals surface area contributed by atoms with Gasteiger partial charge in [-0.25, -0.2) is 13.4 Å². The quantitative estimate of drug-likeness (QED) is 0.901. The van der Waals surface area contributed by atoms with Gasteiger partial charge in [0.1, 0.15) is 27.4 Å². The van der Waals surface area contributed by atoms with Gasteiger partial charge >= 0.3 is 6.18 Å². The highest BCUT2D eigenvalue weighted by atomic mass is 32.2. The first-order valence-electron chi connectivity index (χ1n) is 6.16. The molecule has 0 bridgehead atoms. The van der Waals surface area contributed by atoms with Crippen molar-refractivity contribution in [2.45, 2.75) is 25.1 Å². The Kier molecular flexibility index (Phi) is 4.09. The first-order valence-corrected chi connectivity index (χ1v) is 7.99. The number of aromatic nitrogens is 1. The lowest BCUT2D eigenvalue weighted by atomic mass is 10.1. The lowest BCUT2D eigenvalue weighted by Crippen LogP contribution is -2.32. The number of hydrogen-bond acceptors (Lipinski definition) is 5. The Hall–Kier alpha value is -1.82. The van der Waals surface area contributed by atoms with Gasteiger partial charge in [0, 0.05) is 6.04 Å². The van der Waals surface area contributed by atoms with Gasteiger partial charge in [-0.15, -0.1) is 0 Å². The molecule has 2 heterocycles. The van der Waals surface area contributed by atoms with Crippen LogP contribution in [0.25, 0.3) is 0 Å². The van der Waals surface area contributed by atoms with E-state index in [4.69, 9.17) is 5.26 Å². The fourth-order valence-electron chi connectivity index (χ4n) is 2.04. The summed E-state index contributed by atoms with van der Waals surface area (Å²) < 4.78 is 60.5. The fourth-order valence-corrected chi connectivity index (χ4v) is 3.54. The molecule has 1 fully saturated rings. The number of nitriles is 1. The summed E-state index contributed by atoms with van der Waals surface area (Å²) in [7, 11) is -3.06. The Bertz CT molecular complexity index is 666. The number of alkyl halides is 3. The van der Waals surface area contributed by atoms with Crippen molar-refractivity contribution in [3.63, 3.8) is 0 Å². The van der Waals surface area contributed by atoms with Crippen LogP contribution in [0.5, 0.6) is 0 Å². The minimum Gasteiger partial charge on any atom is -0.366 e. The van der Waals surface area contributed by atoms with Gasteiger partial charge in [-0.3, -0.25) is 0 Å². The van der Waals surface area contributed by atoms with Crippen LogP contribution in [0.3, 0.4) is 0 Å². The third kappa shape index (κ3) is 3.85. The molecule has 114 valence electrons. The fraction of sp³-hybridized carbons (Fsp3) is 0.500. The Morgan fingerprint density at radius 1 is 1.29 bits per heavy atom. The van der Waals surface area contributed by atoms with Crippen molar-refractivity contribution in [2.24, 2.45) is 0 Å². The SMILES string of the molecule is N#Cc1ccc(C(F)(F)F)nc1NC1CCS(=O)(=O)CC1. The molecule has 1 aromatic rings. The average molecular weight is 319 g/mol. The molecule has 0 atom stereocenters. The lowest BCUT2D eigenvalue weighted by Gasteiger charge is -2.24. The molecule has 0 aromatic carbocycles. The van der Waals surface area contributed by atoms with Crippen LogP contribution < -0.4 is 5.32 Å². The van der Waals surface area contributed by atoms with E-state index in [1.165, 1.54) is 0 Å². The molecule has 0 spiro atoms. The van der Waals surface area contributed by atoms with Crippen molar-refractivity contribution < 1.29 is 21.6 Å². The van der Waals surface area contributed by atoms with E-state index in [1.807, 2.05) is 0 Å². The predicted molar refractivity (Wildman–Crippen MR) is 69.3 cm³/mol. The second kappa shape index (κ2) is 5.52. The molecular formula is C12H12F3N3O2S. The summed E-state index contributed by atoms with van der Waals surface area (Å²) >= 11 is 0. The molecule has 1 N–H and O–H groups in total. The van der Waals surface area contributed by atoms with E-state index in [2.05, 4.69) is 10.3 Å². The molecule has 1 saturated heterocycles. The molecule has 9 heteroatoms. The van der Waals surface area contributed by atoms with Crippen molar-refractivity contribution in [3.05, 3.63) is 23.4 Å². The lowest BCUT2D eigenvalue weighted by molar-refractivity contribution is -0.141. The molecule has 1 aliphatic heterocycles. The highest BCUT2D eigenvalue weighted by molar-refractivity contribution is 7.91. The number of nitrogens with zero attached hydrogens (tertiary/aromatic N) is 2. The maximum Gasteiger partial charge on any atom is 0.433 e. The summed E-state index contributed by atoms with van der Waals surface area (Å²) in [6, 6.07) is 3.26.